The summed E-state index contributed by atoms with van der Waals surface area (Å²) >= 11 is 1.44. The highest BCUT2D eigenvalue weighted by molar-refractivity contribution is 8.00. The van der Waals surface area contributed by atoms with E-state index in [9.17, 15) is 14.4 Å². The molecule has 0 bridgehead atoms. The zero-order valence-corrected chi connectivity index (χ0v) is 29.0. The summed E-state index contributed by atoms with van der Waals surface area (Å²) in [6.07, 6.45) is 2.48. The van der Waals surface area contributed by atoms with Crippen molar-refractivity contribution in [3.8, 4) is 0 Å². The highest BCUT2D eigenvalue weighted by Gasteiger charge is 2.24. The molecule has 0 saturated carbocycles. The summed E-state index contributed by atoms with van der Waals surface area (Å²) in [5.74, 6) is -0.569. The van der Waals surface area contributed by atoms with Crippen LogP contribution in [0, 0.1) is 6.92 Å². The molecule has 0 heterocycles. The first kappa shape index (κ1) is 34.9. The number of nitrogens with one attached hydrogen (secondary N) is 3. The number of thioether (sulfide) groups is 1. The van der Waals surface area contributed by atoms with Crippen molar-refractivity contribution in [2.75, 3.05) is 10.6 Å². The molecule has 0 aliphatic carbocycles. The lowest BCUT2D eigenvalue weighted by Crippen LogP contribution is -2.30. The van der Waals surface area contributed by atoms with Crippen molar-refractivity contribution < 1.29 is 14.4 Å². The van der Waals surface area contributed by atoms with Crippen LogP contribution in [0.15, 0.2) is 138 Å². The smallest absolute Gasteiger partial charge is 0.272 e. The van der Waals surface area contributed by atoms with E-state index in [2.05, 4.69) is 36.7 Å². The molecule has 0 aliphatic rings. The highest BCUT2D eigenvalue weighted by Crippen LogP contribution is 2.37. The van der Waals surface area contributed by atoms with Crippen molar-refractivity contribution >= 4 is 46.9 Å². The first-order valence-corrected chi connectivity index (χ1v) is 17.3. The van der Waals surface area contributed by atoms with Gasteiger partial charge in [0.15, 0.2) is 0 Å². The van der Waals surface area contributed by atoms with Crippen LogP contribution in [0.25, 0.3) is 6.08 Å². The maximum Gasteiger partial charge on any atom is 0.272 e. The third-order valence-electron chi connectivity index (χ3n) is 8.14. The van der Waals surface area contributed by atoms with Gasteiger partial charge in [-0.15, -0.1) is 11.8 Å². The fourth-order valence-electron chi connectivity index (χ4n) is 5.33. The molecule has 1 unspecified atom stereocenters. The summed E-state index contributed by atoms with van der Waals surface area (Å²) < 4.78 is 0. The van der Waals surface area contributed by atoms with Gasteiger partial charge in [0.25, 0.3) is 11.8 Å². The molecule has 3 N–H and O–H groups in total. The molecule has 0 radical (unpaired) electrons. The monoisotopic (exact) mass is 667 g/mol. The molecule has 7 heteroatoms. The molecule has 248 valence electrons. The zero-order chi connectivity index (χ0) is 34.8. The molecule has 0 aliphatic heterocycles. The number of para-hydroxylation sites is 1. The number of amides is 3. The minimum atomic E-state index is -0.504. The Bertz CT molecular complexity index is 1920. The SMILES string of the molecule is CCc1cccc(C)c1NC(=O)C(Sc1ccc(NC(=O)/C(=C/c2ccc(C(C)C)cc2)NC(=O)c2ccccc2)cc1)c1ccccc1. The van der Waals surface area contributed by atoms with Crippen molar-refractivity contribution in [1.29, 1.82) is 0 Å². The summed E-state index contributed by atoms with van der Waals surface area (Å²) in [5, 5.41) is 8.42. The maximum absolute atomic E-state index is 13.8. The number of anilines is 2. The van der Waals surface area contributed by atoms with Crippen LogP contribution in [0.5, 0.6) is 0 Å². The molecule has 1 atom stereocenters. The Morgan fingerprint density at radius 2 is 1.37 bits per heavy atom. The Labute approximate surface area is 293 Å². The standard InChI is InChI=1S/C42H41N3O3S/c1-5-31-18-12-13-29(4)38(31)45-42(48)39(33-14-8-6-9-15-33)49-36-25-23-35(24-26-36)43-41(47)37(44-40(46)34-16-10-7-11-17-34)27-30-19-21-32(22-20-30)28(2)3/h6-28,39H,5H2,1-4H3,(H,43,47)(H,44,46)(H,45,48)/b37-27-. The topological polar surface area (TPSA) is 87.3 Å². The van der Waals surface area contributed by atoms with Crippen LogP contribution >= 0.6 is 11.8 Å². The van der Waals surface area contributed by atoms with Crippen LogP contribution in [0.4, 0.5) is 11.4 Å². The van der Waals surface area contributed by atoms with Gasteiger partial charge < -0.3 is 16.0 Å². The zero-order valence-electron chi connectivity index (χ0n) is 28.2. The minimum Gasteiger partial charge on any atom is -0.324 e. The molecular formula is C42H41N3O3S. The van der Waals surface area contributed by atoms with E-state index in [0.717, 1.165) is 39.3 Å². The Morgan fingerprint density at radius 3 is 2.00 bits per heavy atom. The number of carbonyl (C=O) groups is 3. The van der Waals surface area contributed by atoms with Gasteiger partial charge in [-0.1, -0.05) is 112 Å². The number of rotatable bonds is 12. The van der Waals surface area contributed by atoms with Crippen molar-refractivity contribution in [1.82, 2.24) is 5.32 Å². The van der Waals surface area contributed by atoms with Crippen molar-refractivity contribution in [2.24, 2.45) is 0 Å². The largest absolute Gasteiger partial charge is 0.324 e. The van der Waals surface area contributed by atoms with Crippen molar-refractivity contribution in [3.63, 3.8) is 0 Å². The van der Waals surface area contributed by atoms with Crippen LogP contribution in [-0.4, -0.2) is 17.7 Å². The van der Waals surface area contributed by atoms with Crippen LogP contribution in [0.1, 0.15) is 70.1 Å². The van der Waals surface area contributed by atoms with Gasteiger partial charge in [-0.3, -0.25) is 14.4 Å². The minimum absolute atomic E-state index is 0.108. The Morgan fingerprint density at radius 1 is 0.714 bits per heavy atom. The van der Waals surface area contributed by atoms with E-state index in [1.807, 2.05) is 97.9 Å². The molecule has 0 fully saturated rings. The van der Waals surface area contributed by atoms with E-state index in [1.165, 1.54) is 17.3 Å². The Kier molecular flexibility index (Phi) is 11.8. The second kappa shape index (κ2) is 16.6. The summed E-state index contributed by atoms with van der Waals surface area (Å²) in [6.45, 7) is 8.33. The molecule has 49 heavy (non-hydrogen) atoms. The molecule has 5 aromatic rings. The molecule has 0 aromatic heterocycles. The van der Waals surface area contributed by atoms with Gasteiger partial charge in [0, 0.05) is 21.8 Å². The van der Waals surface area contributed by atoms with Crippen LogP contribution < -0.4 is 16.0 Å². The average molecular weight is 668 g/mol. The first-order chi connectivity index (χ1) is 23.7. The number of hydrogen-bond donors (Lipinski definition) is 3. The van der Waals surface area contributed by atoms with Crippen LogP contribution in [0.3, 0.4) is 0 Å². The molecule has 0 saturated heterocycles. The number of hydrogen-bond acceptors (Lipinski definition) is 4. The van der Waals surface area contributed by atoms with Crippen LogP contribution in [0.2, 0.25) is 0 Å². The number of carbonyl (C=O) groups excluding carboxylic acids is 3. The fraction of sp³-hybridized carbons (Fsp3) is 0.167. The Hall–Kier alpha value is -5.40. The van der Waals surface area contributed by atoms with E-state index >= 15 is 0 Å². The van der Waals surface area contributed by atoms with Gasteiger partial charge in [0.05, 0.1) is 0 Å². The van der Waals surface area contributed by atoms with Gasteiger partial charge in [-0.25, -0.2) is 0 Å². The lowest BCUT2D eigenvalue weighted by Gasteiger charge is -2.20. The van der Waals surface area contributed by atoms with E-state index < -0.39 is 11.2 Å². The predicted octanol–water partition coefficient (Wildman–Crippen LogP) is 9.56. The third kappa shape index (κ3) is 9.36. The summed E-state index contributed by atoms with van der Waals surface area (Å²) in [5.41, 5.74) is 6.94. The first-order valence-electron chi connectivity index (χ1n) is 16.4. The van der Waals surface area contributed by atoms with Crippen molar-refractivity contribution in [2.45, 2.75) is 50.2 Å². The number of aryl methyl sites for hydroxylation is 2. The van der Waals surface area contributed by atoms with Gasteiger partial charge >= 0.3 is 0 Å². The normalized spacial score (nSPS) is 11.9. The Balaban J connectivity index is 1.34. The highest BCUT2D eigenvalue weighted by atomic mass is 32.2. The lowest BCUT2D eigenvalue weighted by atomic mass is 10.0. The van der Waals surface area contributed by atoms with E-state index in [1.54, 1.807) is 42.5 Å². The van der Waals surface area contributed by atoms with Crippen LogP contribution in [-0.2, 0) is 16.0 Å². The van der Waals surface area contributed by atoms with Gasteiger partial charge in [0.2, 0.25) is 5.91 Å². The summed E-state index contributed by atoms with van der Waals surface area (Å²) in [6, 6.07) is 39.8. The molecule has 5 rings (SSSR count). The average Bonchev–Trinajstić information content (AvgIpc) is 3.12. The second-order valence-corrected chi connectivity index (χ2v) is 13.2. The molecular weight excluding hydrogens is 627 g/mol. The van der Waals surface area contributed by atoms with Crippen molar-refractivity contribution in [3.05, 3.63) is 166 Å². The summed E-state index contributed by atoms with van der Waals surface area (Å²) in [4.78, 5) is 41.3. The lowest BCUT2D eigenvalue weighted by molar-refractivity contribution is -0.116. The van der Waals surface area contributed by atoms with E-state index in [-0.39, 0.29) is 17.5 Å². The predicted molar refractivity (Wildman–Crippen MR) is 202 cm³/mol. The third-order valence-corrected chi connectivity index (χ3v) is 9.40. The quantitative estimate of drug-likeness (QED) is 0.0914. The van der Waals surface area contributed by atoms with Gasteiger partial charge in [-0.05, 0) is 89.6 Å². The van der Waals surface area contributed by atoms with Gasteiger partial charge in [0.1, 0.15) is 10.9 Å². The second-order valence-electron chi connectivity index (χ2n) is 12.0. The fourth-order valence-corrected chi connectivity index (χ4v) is 6.35. The van der Waals surface area contributed by atoms with Gasteiger partial charge in [-0.2, -0.15) is 0 Å². The molecule has 0 spiro atoms. The van der Waals surface area contributed by atoms with E-state index in [4.69, 9.17) is 0 Å². The molecule has 6 nitrogen and oxygen atoms in total. The molecule has 3 amide bonds. The number of benzene rings is 5. The summed E-state index contributed by atoms with van der Waals surface area (Å²) in [7, 11) is 0. The van der Waals surface area contributed by atoms with E-state index in [0.29, 0.717) is 17.2 Å². The maximum atomic E-state index is 13.8. The molecule has 5 aromatic carbocycles.